The second kappa shape index (κ2) is 15.6. The molecule has 2 aromatic carbocycles. The van der Waals surface area contributed by atoms with Gasteiger partial charge in [-0.2, -0.15) is 0 Å². The maximum atomic E-state index is 14.4. The van der Waals surface area contributed by atoms with Gasteiger partial charge in [-0.3, -0.25) is 0 Å². The van der Waals surface area contributed by atoms with Crippen molar-refractivity contribution in [2.75, 3.05) is 44.3 Å². The minimum atomic E-state index is -1.10. The molecule has 0 spiro atoms. The number of anilines is 1. The van der Waals surface area contributed by atoms with Gasteiger partial charge in [-0.1, -0.05) is 12.1 Å². The summed E-state index contributed by atoms with van der Waals surface area (Å²) in [5.41, 5.74) is 0.498. The third-order valence-electron chi connectivity index (χ3n) is 10.8. The molecule has 2 atom stereocenters. The van der Waals surface area contributed by atoms with Crippen LogP contribution in [0, 0.1) is 9.39 Å². The summed E-state index contributed by atoms with van der Waals surface area (Å²) in [5, 5.41) is 4.04. The molecule has 3 aliphatic heterocycles. The van der Waals surface area contributed by atoms with E-state index in [1.807, 2.05) is 32.9 Å². The topological polar surface area (TPSA) is 98.3 Å². The molecule has 7 rings (SSSR count). The fourth-order valence-corrected chi connectivity index (χ4v) is 8.21. The van der Waals surface area contributed by atoms with Crippen molar-refractivity contribution < 1.29 is 28.1 Å². The maximum absolute atomic E-state index is 14.4. The molecule has 2 unspecified atom stereocenters. The minimum Gasteiger partial charge on any atom is -0.444 e. The van der Waals surface area contributed by atoms with E-state index in [9.17, 15) is 9.18 Å². The number of hydrogen-bond donors (Lipinski definition) is 1. The Bertz CT molecular complexity index is 1700. The van der Waals surface area contributed by atoms with Crippen LogP contribution in [0.4, 0.5) is 15.1 Å². The Morgan fingerprint density at radius 2 is 1.73 bits per heavy atom. The van der Waals surface area contributed by atoms with E-state index in [0.717, 1.165) is 110 Å². The number of halogens is 2. The first-order valence-electron chi connectivity index (χ1n) is 19.0. The molecule has 1 aromatic heterocycles. The van der Waals surface area contributed by atoms with Gasteiger partial charge < -0.3 is 34.1 Å². The number of amides is 1. The van der Waals surface area contributed by atoms with Crippen molar-refractivity contribution in [3.05, 3.63) is 63.1 Å². The zero-order valence-electron chi connectivity index (χ0n) is 31.0. The number of carbonyl (C=O) groups excluding carboxylic acids is 1. The van der Waals surface area contributed by atoms with Crippen LogP contribution < -0.4 is 10.2 Å². The first-order valence-corrected chi connectivity index (χ1v) is 20.1. The highest BCUT2D eigenvalue weighted by Crippen LogP contribution is 2.44. The summed E-state index contributed by atoms with van der Waals surface area (Å²) in [6.45, 7) is 12.2. The monoisotopic (exact) mass is 829 g/mol. The number of aromatic nitrogens is 2. The highest BCUT2D eigenvalue weighted by Gasteiger charge is 2.45. The number of alkyl carbamates (subject to hydrolysis) is 1. The van der Waals surface area contributed by atoms with Crippen molar-refractivity contribution in [1.29, 1.82) is 0 Å². The lowest BCUT2D eigenvalue weighted by Crippen LogP contribution is -2.57. The van der Waals surface area contributed by atoms with Crippen molar-refractivity contribution in [2.45, 2.75) is 121 Å². The van der Waals surface area contributed by atoms with Gasteiger partial charge in [-0.15, -0.1) is 0 Å². The molecule has 0 radical (unpaired) electrons. The van der Waals surface area contributed by atoms with Gasteiger partial charge in [0, 0.05) is 53.3 Å². The Morgan fingerprint density at radius 3 is 2.38 bits per heavy atom. The molecule has 1 aliphatic carbocycles. The standard InChI is InChI=1S/C40H53FIN5O5/c1-38(2,3)52-37(48)45-39(4)18-22-46(23-19-39)30-16-20-47(21-17-30)36-43-33-15-12-29(42)25-32(33)35(44-36)40(51-31-13-14-31,27-8-10-28(41)11-9-27)26-50-34-7-5-6-24-49-34/h8-12,15,25,30-31,34H,5-7,13-14,16-24,26H2,1-4H3,(H,45,48). The normalized spacial score (nSPS) is 23.0. The van der Waals surface area contributed by atoms with Crippen molar-refractivity contribution >= 4 is 45.5 Å². The predicted molar refractivity (Wildman–Crippen MR) is 207 cm³/mol. The summed E-state index contributed by atoms with van der Waals surface area (Å²) in [7, 11) is 0. The number of fused-ring (bicyclic) bond motifs is 1. The lowest BCUT2D eigenvalue weighted by Gasteiger charge is -2.45. The molecule has 4 aliphatic rings. The molecule has 1 amide bonds. The number of hydrogen-bond acceptors (Lipinski definition) is 9. The Hall–Kier alpha value is -2.65. The summed E-state index contributed by atoms with van der Waals surface area (Å²) in [4.78, 5) is 27.9. The Labute approximate surface area is 320 Å². The van der Waals surface area contributed by atoms with E-state index in [1.165, 1.54) is 12.1 Å². The fraction of sp³-hybridized carbons (Fsp3) is 0.625. The van der Waals surface area contributed by atoms with Crippen LogP contribution in [0.2, 0.25) is 0 Å². The maximum Gasteiger partial charge on any atom is 0.408 e. The van der Waals surface area contributed by atoms with Crippen LogP contribution in [-0.2, 0) is 24.5 Å². The quantitative estimate of drug-likeness (QED) is 0.207. The van der Waals surface area contributed by atoms with E-state index in [0.29, 0.717) is 18.6 Å². The third-order valence-corrected chi connectivity index (χ3v) is 11.5. The van der Waals surface area contributed by atoms with Crippen LogP contribution in [0.15, 0.2) is 42.5 Å². The number of nitrogens with zero attached hydrogens (tertiary/aromatic N) is 4. The average molecular weight is 830 g/mol. The molecule has 4 fully saturated rings. The van der Waals surface area contributed by atoms with Crippen LogP contribution in [0.25, 0.3) is 10.9 Å². The molecule has 0 bridgehead atoms. The minimum absolute atomic E-state index is 0.0543. The zero-order chi connectivity index (χ0) is 36.5. The van der Waals surface area contributed by atoms with Gasteiger partial charge >= 0.3 is 6.09 Å². The number of ether oxygens (including phenoxy) is 4. The summed E-state index contributed by atoms with van der Waals surface area (Å²) in [6.07, 6.45) is 7.92. The molecule has 1 N–H and O–H groups in total. The molecular formula is C40H53FIN5O5. The van der Waals surface area contributed by atoms with E-state index >= 15 is 0 Å². The second-order valence-electron chi connectivity index (χ2n) is 16.2. The first-order chi connectivity index (χ1) is 24.9. The highest BCUT2D eigenvalue weighted by atomic mass is 127. The van der Waals surface area contributed by atoms with E-state index in [-0.39, 0.29) is 36.5 Å². The number of piperidine rings is 2. The van der Waals surface area contributed by atoms with Crippen molar-refractivity contribution in [3.63, 3.8) is 0 Å². The lowest BCUT2D eigenvalue weighted by molar-refractivity contribution is -0.197. The van der Waals surface area contributed by atoms with E-state index in [4.69, 9.17) is 28.9 Å². The van der Waals surface area contributed by atoms with Crippen LogP contribution in [0.5, 0.6) is 0 Å². The summed E-state index contributed by atoms with van der Waals surface area (Å²) < 4.78 is 40.6. The van der Waals surface area contributed by atoms with Gasteiger partial charge in [0.25, 0.3) is 0 Å². The Morgan fingerprint density at radius 1 is 1.00 bits per heavy atom. The SMILES string of the molecule is CC1(NC(=O)OC(C)(C)C)CCN(C2CCN(c3nc(C(COC4CCCCO4)(OC4CC4)c4ccc(F)cc4)c4cc(I)ccc4n3)CC2)CC1. The van der Waals surface area contributed by atoms with Gasteiger partial charge in [0.05, 0.1) is 23.9 Å². The summed E-state index contributed by atoms with van der Waals surface area (Å²) in [5.74, 6) is 0.374. The highest BCUT2D eigenvalue weighted by molar-refractivity contribution is 14.1. The van der Waals surface area contributed by atoms with Gasteiger partial charge in [0.1, 0.15) is 11.4 Å². The third kappa shape index (κ3) is 8.99. The largest absolute Gasteiger partial charge is 0.444 e. The van der Waals surface area contributed by atoms with Crippen LogP contribution in [-0.4, -0.2) is 89.9 Å². The number of benzene rings is 2. The van der Waals surface area contributed by atoms with Crippen LogP contribution in [0.1, 0.15) is 96.7 Å². The smallest absolute Gasteiger partial charge is 0.408 e. The molecular weight excluding hydrogens is 776 g/mol. The first kappa shape index (κ1) is 37.7. The fourth-order valence-electron chi connectivity index (χ4n) is 7.72. The number of rotatable bonds is 10. The van der Waals surface area contributed by atoms with Gasteiger partial charge in [0.15, 0.2) is 11.9 Å². The van der Waals surface area contributed by atoms with E-state index < -0.39 is 11.2 Å². The zero-order valence-corrected chi connectivity index (χ0v) is 33.1. The summed E-state index contributed by atoms with van der Waals surface area (Å²) in [6, 6.07) is 13.3. The van der Waals surface area contributed by atoms with Gasteiger partial charge in [-0.25, -0.2) is 19.2 Å². The molecule has 4 heterocycles. The van der Waals surface area contributed by atoms with Gasteiger partial charge in [0.2, 0.25) is 5.95 Å². The van der Waals surface area contributed by atoms with E-state index in [1.54, 1.807) is 0 Å². The van der Waals surface area contributed by atoms with Crippen LogP contribution in [0.3, 0.4) is 0 Å². The number of carbonyl (C=O) groups is 1. The Kier molecular flexibility index (Phi) is 11.3. The van der Waals surface area contributed by atoms with E-state index in [2.05, 4.69) is 62.8 Å². The van der Waals surface area contributed by atoms with Crippen molar-refractivity contribution in [3.8, 4) is 0 Å². The molecule has 282 valence electrons. The van der Waals surface area contributed by atoms with Crippen LogP contribution >= 0.6 is 22.6 Å². The molecule has 12 heteroatoms. The Balaban J connectivity index is 1.14. The van der Waals surface area contributed by atoms with Crippen molar-refractivity contribution in [2.24, 2.45) is 0 Å². The van der Waals surface area contributed by atoms with Crippen molar-refractivity contribution in [1.82, 2.24) is 20.2 Å². The second-order valence-corrected chi connectivity index (χ2v) is 17.5. The lowest BCUT2D eigenvalue weighted by atomic mass is 9.87. The molecule has 3 aromatic rings. The average Bonchev–Trinajstić information content (AvgIpc) is 3.94. The number of likely N-dealkylation sites (tertiary alicyclic amines) is 1. The molecule has 52 heavy (non-hydrogen) atoms. The predicted octanol–water partition coefficient (Wildman–Crippen LogP) is 7.69. The number of nitrogens with one attached hydrogen (secondary N) is 1. The molecule has 3 saturated heterocycles. The molecule has 1 saturated carbocycles. The van der Waals surface area contributed by atoms with Gasteiger partial charge in [-0.05, 0) is 144 Å². The molecule has 10 nitrogen and oxygen atoms in total. The summed E-state index contributed by atoms with van der Waals surface area (Å²) >= 11 is 2.33.